The van der Waals surface area contributed by atoms with E-state index in [9.17, 15) is 4.79 Å². The van der Waals surface area contributed by atoms with E-state index in [0.29, 0.717) is 13.2 Å². The first-order valence-electron chi connectivity index (χ1n) is 5.99. The lowest BCUT2D eigenvalue weighted by Gasteiger charge is -2.31. The molecule has 0 unspecified atom stereocenters. The summed E-state index contributed by atoms with van der Waals surface area (Å²) >= 11 is 0. The van der Waals surface area contributed by atoms with Gasteiger partial charge in [0, 0.05) is 12.8 Å². The Kier molecular flexibility index (Phi) is 2.82. The molecule has 4 heteroatoms. The van der Waals surface area contributed by atoms with Gasteiger partial charge in [0.05, 0.1) is 19.3 Å². The summed E-state index contributed by atoms with van der Waals surface area (Å²) < 4.78 is 5.22. The van der Waals surface area contributed by atoms with Gasteiger partial charge in [0.1, 0.15) is 6.10 Å². The van der Waals surface area contributed by atoms with Gasteiger partial charge in [-0.15, -0.1) is 0 Å². The summed E-state index contributed by atoms with van der Waals surface area (Å²) in [6.07, 6.45) is 1.36. The van der Waals surface area contributed by atoms with Gasteiger partial charge in [0.25, 0.3) is 5.91 Å². The Bertz CT molecular complexity index is 402. The zero-order chi connectivity index (χ0) is 11.7. The van der Waals surface area contributed by atoms with Crippen LogP contribution >= 0.6 is 0 Å². The molecule has 0 aliphatic carbocycles. The maximum absolute atomic E-state index is 12.1. The molecule has 2 saturated heterocycles. The molecule has 2 aliphatic heterocycles. The average Bonchev–Trinajstić information content (AvgIpc) is 2.76. The highest BCUT2D eigenvalue weighted by Gasteiger charge is 2.38. The van der Waals surface area contributed by atoms with Crippen molar-refractivity contribution in [1.29, 1.82) is 0 Å². The Balaban J connectivity index is 1.77. The highest BCUT2D eigenvalue weighted by atomic mass is 16.7. The predicted octanol–water partition coefficient (Wildman–Crippen LogP) is 1.68. The third-order valence-electron chi connectivity index (χ3n) is 3.28. The van der Waals surface area contributed by atoms with Gasteiger partial charge in [-0.2, -0.15) is 0 Å². The van der Waals surface area contributed by atoms with Crippen LogP contribution < -0.4 is 0 Å². The van der Waals surface area contributed by atoms with Crippen LogP contribution in [0.2, 0.25) is 0 Å². The third kappa shape index (κ3) is 1.94. The summed E-state index contributed by atoms with van der Waals surface area (Å²) in [5.41, 5.74) is 1.12. The fourth-order valence-corrected chi connectivity index (χ4v) is 2.24. The molecule has 0 saturated carbocycles. The molecule has 0 bridgehead atoms. The molecule has 2 heterocycles. The highest BCUT2D eigenvalue weighted by Crippen LogP contribution is 2.32. The number of hydrogen-bond donors (Lipinski definition) is 0. The molecule has 0 N–H and O–H groups in total. The fraction of sp³-hybridized carbons (Fsp3) is 0.462. The molecule has 2 fully saturated rings. The summed E-state index contributed by atoms with van der Waals surface area (Å²) in [5.74, 6) is -0.0393. The average molecular weight is 233 g/mol. The van der Waals surface area contributed by atoms with E-state index in [2.05, 4.69) is 0 Å². The molecule has 2 atom stereocenters. The summed E-state index contributed by atoms with van der Waals surface area (Å²) in [6.45, 7) is 1.28. The molecule has 1 amide bonds. The number of rotatable bonds is 2. The molecular weight excluding hydrogens is 218 g/mol. The number of carbonyl (C=O) groups excluding carboxylic acids is 1. The summed E-state index contributed by atoms with van der Waals surface area (Å²) in [6, 6.07) is 10.0. The van der Waals surface area contributed by atoms with Crippen LogP contribution in [-0.4, -0.2) is 30.3 Å². The van der Waals surface area contributed by atoms with E-state index in [0.717, 1.165) is 18.4 Å². The fourth-order valence-electron chi connectivity index (χ4n) is 2.24. The van der Waals surface area contributed by atoms with Crippen molar-refractivity contribution in [1.82, 2.24) is 5.06 Å². The zero-order valence-corrected chi connectivity index (χ0v) is 9.54. The number of amides is 1. The van der Waals surface area contributed by atoms with E-state index in [1.165, 1.54) is 5.06 Å². The summed E-state index contributed by atoms with van der Waals surface area (Å²) in [4.78, 5) is 17.5. The number of benzene rings is 1. The second-order valence-electron chi connectivity index (χ2n) is 4.36. The Morgan fingerprint density at radius 1 is 1.18 bits per heavy atom. The Labute approximate surface area is 100 Å². The van der Waals surface area contributed by atoms with E-state index in [1.54, 1.807) is 0 Å². The number of carbonyl (C=O) groups is 1. The SMILES string of the molecule is O=C([C@@H]1CCO1)N1OCC[C@H]1c1ccccc1. The minimum absolute atomic E-state index is 0.0351. The normalized spacial score (nSPS) is 27.9. The molecule has 0 spiro atoms. The quantitative estimate of drug-likeness (QED) is 0.780. The van der Waals surface area contributed by atoms with Gasteiger partial charge in [-0.1, -0.05) is 30.3 Å². The maximum atomic E-state index is 12.1. The molecular formula is C13H15NO3. The van der Waals surface area contributed by atoms with Crippen molar-refractivity contribution >= 4 is 5.91 Å². The lowest BCUT2D eigenvalue weighted by molar-refractivity contribution is -0.198. The summed E-state index contributed by atoms with van der Waals surface area (Å²) in [5, 5.41) is 1.50. The van der Waals surface area contributed by atoms with Crippen molar-refractivity contribution in [3.63, 3.8) is 0 Å². The molecule has 4 nitrogen and oxygen atoms in total. The van der Waals surface area contributed by atoms with E-state index in [1.807, 2.05) is 30.3 Å². The van der Waals surface area contributed by atoms with Crippen LogP contribution in [0.3, 0.4) is 0 Å². The van der Waals surface area contributed by atoms with Crippen LogP contribution in [0.5, 0.6) is 0 Å². The second-order valence-corrected chi connectivity index (χ2v) is 4.36. The van der Waals surface area contributed by atoms with E-state index < -0.39 is 0 Å². The van der Waals surface area contributed by atoms with Crippen LogP contribution in [-0.2, 0) is 14.4 Å². The molecule has 2 aliphatic rings. The first-order valence-corrected chi connectivity index (χ1v) is 5.99. The molecule has 1 aromatic carbocycles. The standard InChI is InChI=1S/C13H15NO3/c15-13(12-7-8-16-12)14-11(6-9-17-14)10-4-2-1-3-5-10/h1-5,11-12H,6-9H2/t11-,12-/m0/s1. The lowest BCUT2D eigenvalue weighted by Crippen LogP contribution is -2.44. The van der Waals surface area contributed by atoms with Crippen LogP contribution in [0.4, 0.5) is 0 Å². The van der Waals surface area contributed by atoms with Crippen LogP contribution in [0.1, 0.15) is 24.4 Å². The first kappa shape index (κ1) is 10.7. The largest absolute Gasteiger partial charge is 0.368 e. The van der Waals surface area contributed by atoms with Gasteiger partial charge >= 0.3 is 0 Å². The second kappa shape index (κ2) is 4.47. The van der Waals surface area contributed by atoms with E-state index in [-0.39, 0.29) is 18.1 Å². The first-order chi connectivity index (χ1) is 8.36. The highest BCUT2D eigenvalue weighted by molar-refractivity contribution is 5.81. The van der Waals surface area contributed by atoms with Gasteiger partial charge in [-0.25, -0.2) is 5.06 Å². The Morgan fingerprint density at radius 3 is 2.59 bits per heavy atom. The monoisotopic (exact) mass is 233 g/mol. The minimum Gasteiger partial charge on any atom is -0.368 e. The molecule has 0 radical (unpaired) electrons. The van der Waals surface area contributed by atoms with Crippen molar-refractivity contribution in [3.05, 3.63) is 35.9 Å². The topological polar surface area (TPSA) is 38.8 Å². The number of hydrogen-bond acceptors (Lipinski definition) is 3. The van der Waals surface area contributed by atoms with Crippen molar-refractivity contribution in [3.8, 4) is 0 Å². The number of nitrogens with zero attached hydrogens (tertiary/aromatic N) is 1. The van der Waals surface area contributed by atoms with Crippen molar-refractivity contribution in [2.75, 3.05) is 13.2 Å². The van der Waals surface area contributed by atoms with Crippen LogP contribution in [0, 0.1) is 0 Å². The van der Waals surface area contributed by atoms with Gasteiger partial charge < -0.3 is 4.74 Å². The van der Waals surface area contributed by atoms with E-state index in [4.69, 9.17) is 9.57 Å². The predicted molar refractivity (Wildman–Crippen MR) is 61.0 cm³/mol. The van der Waals surface area contributed by atoms with Gasteiger partial charge in [0.2, 0.25) is 0 Å². The van der Waals surface area contributed by atoms with Crippen molar-refractivity contribution in [2.45, 2.75) is 25.0 Å². The molecule has 3 rings (SSSR count). The Morgan fingerprint density at radius 2 is 1.94 bits per heavy atom. The van der Waals surface area contributed by atoms with Gasteiger partial charge in [-0.3, -0.25) is 9.63 Å². The Hall–Kier alpha value is -1.39. The van der Waals surface area contributed by atoms with Gasteiger partial charge in [-0.05, 0) is 5.56 Å². The molecule has 17 heavy (non-hydrogen) atoms. The summed E-state index contributed by atoms with van der Waals surface area (Å²) in [7, 11) is 0. The number of ether oxygens (including phenoxy) is 1. The van der Waals surface area contributed by atoms with Crippen molar-refractivity contribution in [2.24, 2.45) is 0 Å². The smallest absolute Gasteiger partial charge is 0.275 e. The molecule has 90 valence electrons. The van der Waals surface area contributed by atoms with Gasteiger partial charge in [0.15, 0.2) is 0 Å². The lowest BCUT2D eigenvalue weighted by atomic mass is 10.0. The minimum atomic E-state index is -0.292. The van der Waals surface area contributed by atoms with Crippen LogP contribution in [0.15, 0.2) is 30.3 Å². The van der Waals surface area contributed by atoms with E-state index >= 15 is 0 Å². The van der Waals surface area contributed by atoms with Crippen molar-refractivity contribution < 1.29 is 14.4 Å². The maximum Gasteiger partial charge on any atom is 0.275 e. The van der Waals surface area contributed by atoms with Crippen LogP contribution in [0.25, 0.3) is 0 Å². The zero-order valence-electron chi connectivity index (χ0n) is 9.54. The third-order valence-corrected chi connectivity index (χ3v) is 3.28. The number of hydroxylamine groups is 2. The molecule has 1 aromatic rings. The molecule has 0 aromatic heterocycles.